The minimum atomic E-state index is -0.407. The molecule has 1 unspecified atom stereocenters. The molecule has 1 aliphatic rings. The van der Waals surface area contributed by atoms with Crippen LogP contribution < -0.4 is 10.4 Å². The molecule has 1 heterocycles. The maximum Gasteiger partial charge on any atom is 0.272 e. The van der Waals surface area contributed by atoms with Crippen molar-refractivity contribution in [3.63, 3.8) is 0 Å². The number of anilines is 1. The van der Waals surface area contributed by atoms with Crippen LogP contribution in [0.3, 0.4) is 0 Å². The summed E-state index contributed by atoms with van der Waals surface area (Å²) in [6, 6.07) is 33.4. The average molecular weight is 513 g/mol. The van der Waals surface area contributed by atoms with Gasteiger partial charge in [-0.25, -0.2) is 5.43 Å². The van der Waals surface area contributed by atoms with Crippen molar-refractivity contribution in [2.24, 2.45) is 10.2 Å². The molecule has 1 N–H and O–H groups in total. The largest absolute Gasteiger partial charge is 0.272 e. The summed E-state index contributed by atoms with van der Waals surface area (Å²) in [5.41, 5.74) is 8.01. The van der Waals surface area contributed by atoms with Gasteiger partial charge in [0.2, 0.25) is 0 Å². The third kappa shape index (κ3) is 5.33. The summed E-state index contributed by atoms with van der Waals surface area (Å²) in [4.78, 5) is 12.3. The maximum atomic E-state index is 12.3. The lowest BCUT2D eigenvalue weighted by Crippen LogP contribution is -2.18. The number of nitrogens with zero attached hydrogens (tertiary/aromatic N) is 3. The Hall–Kier alpha value is -3.93. The lowest BCUT2D eigenvalue weighted by atomic mass is 9.98. The molecule has 7 heteroatoms. The third-order valence-corrected chi connectivity index (χ3v) is 6.46. The van der Waals surface area contributed by atoms with E-state index in [1.165, 1.54) is 11.6 Å². The van der Waals surface area contributed by atoms with E-state index in [1.807, 2.05) is 48.5 Å². The zero-order valence-corrected chi connectivity index (χ0v) is 20.7. The van der Waals surface area contributed by atoms with Gasteiger partial charge in [-0.15, -0.1) is 0 Å². The van der Waals surface area contributed by atoms with Crippen molar-refractivity contribution < 1.29 is 4.79 Å². The van der Waals surface area contributed by atoms with E-state index in [9.17, 15) is 4.79 Å². The van der Waals surface area contributed by atoms with Crippen LogP contribution in [0.2, 0.25) is 10.0 Å². The molecule has 4 aromatic carbocycles. The number of rotatable bonds is 6. The van der Waals surface area contributed by atoms with Crippen LogP contribution in [0.25, 0.3) is 0 Å². The smallest absolute Gasteiger partial charge is 0.267 e. The monoisotopic (exact) mass is 512 g/mol. The van der Waals surface area contributed by atoms with Gasteiger partial charge in [-0.1, -0.05) is 96.0 Å². The number of hydrogen-bond donors (Lipinski definition) is 1. The third-order valence-electron chi connectivity index (χ3n) is 5.91. The summed E-state index contributed by atoms with van der Waals surface area (Å²) in [6.45, 7) is 0. The standard InChI is InChI=1S/C29H22Cl2N4O/c30-23-13-16-25(26(31)17-23)29(36)33-32-19-20-11-14-24(15-12-20)35-28(22-9-5-2-6-10-22)18-27(34-35)21-7-3-1-4-8-21/h1-17,19,28H,18H2,(H,33,36)/b32-19+. The van der Waals surface area contributed by atoms with Gasteiger partial charge in [-0.05, 0) is 47.0 Å². The first-order valence-corrected chi connectivity index (χ1v) is 12.2. The highest BCUT2D eigenvalue weighted by Crippen LogP contribution is 2.36. The molecule has 36 heavy (non-hydrogen) atoms. The summed E-state index contributed by atoms with van der Waals surface area (Å²) in [5.74, 6) is -0.407. The van der Waals surface area contributed by atoms with Crippen LogP contribution in [0.4, 0.5) is 5.69 Å². The summed E-state index contributed by atoms with van der Waals surface area (Å²) in [5, 5.41) is 11.9. The van der Waals surface area contributed by atoms with E-state index in [0.717, 1.165) is 28.9 Å². The number of nitrogens with one attached hydrogen (secondary N) is 1. The van der Waals surface area contributed by atoms with Crippen molar-refractivity contribution in [1.29, 1.82) is 0 Å². The van der Waals surface area contributed by atoms with Crippen LogP contribution in [0.15, 0.2) is 113 Å². The Labute approximate surface area is 219 Å². The zero-order chi connectivity index (χ0) is 24.9. The van der Waals surface area contributed by atoms with Gasteiger partial charge in [0.1, 0.15) is 0 Å². The van der Waals surface area contributed by atoms with E-state index < -0.39 is 5.91 Å². The summed E-state index contributed by atoms with van der Waals surface area (Å²) in [7, 11) is 0. The quantitative estimate of drug-likeness (QED) is 0.221. The van der Waals surface area contributed by atoms with Crippen molar-refractivity contribution in [3.05, 3.63) is 135 Å². The summed E-state index contributed by atoms with van der Waals surface area (Å²) in [6.07, 6.45) is 2.40. The van der Waals surface area contributed by atoms with Crippen molar-refractivity contribution >= 4 is 46.7 Å². The van der Waals surface area contributed by atoms with E-state index in [2.05, 4.69) is 51.9 Å². The lowest BCUT2D eigenvalue weighted by Gasteiger charge is -2.24. The van der Waals surface area contributed by atoms with Crippen LogP contribution in [0, 0.1) is 0 Å². The van der Waals surface area contributed by atoms with E-state index in [1.54, 1.807) is 18.3 Å². The van der Waals surface area contributed by atoms with Crippen LogP contribution in [0.5, 0.6) is 0 Å². The molecule has 0 bridgehead atoms. The van der Waals surface area contributed by atoms with Crippen molar-refractivity contribution in [2.45, 2.75) is 12.5 Å². The molecular weight excluding hydrogens is 491 g/mol. The topological polar surface area (TPSA) is 57.1 Å². The molecule has 5 rings (SSSR count). The fourth-order valence-electron chi connectivity index (χ4n) is 4.10. The summed E-state index contributed by atoms with van der Waals surface area (Å²) < 4.78 is 0. The number of carbonyl (C=O) groups is 1. The number of hydrogen-bond acceptors (Lipinski definition) is 4. The molecule has 0 spiro atoms. The van der Waals surface area contributed by atoms with Gasteiger partial charge >= 0.3 is 0 Å². The average Bonchev–Trinajstić information content (AvgIpc) is 3.36. The normalized spacial score (nSPS) is 15.2. The number of benzene rings is 4. The minimum Gasteiger partial charge on any atom is -0.267 e. The highest BCUT2D eigenvalue weighted by Gasteiger charge is 2.29. The molecule has 0 aliphatic carbocycles. The molecule has 1 aliphatic heterocycles. The second kappa shape index (κ2) is 10.8. The van der Waals surface area contributed by atoms with E-state index in [4.69, 9.17) is 28.3 Å². The molecule has 4 aromatic rings. The highest BCUT2D eigenvalue weighted by atomic mass is 35.5. The van der Waals surface area contributed by atoms with Crippen LogP contribution in [-0.4, -0.2) is 17.8 Å². The van der Waals surface area contributed by atoms with Gasteiger partial charge in [0.15, 0.2) is 0 Å². The molecule has 5 nitrogen and oxygen atoms in total. The second-order valence-electron chi connectivity index (χ2n) is 8.30. The molecule has 0 aromatic heterocycles. The molecule has 0 radical (unpaired) electrons. The Morgan fingerprint density at radius 2 is 1.61 bits per heavy atom. The summed E-state index contributed by atoms with van der Waals surface area (Å²) >= 11 is 12.0. The molecule has 1 atom stereocenters. The Bertz CT molecular complexity index is 1420. The van der Waals surface area contributed by atoms with Crippen LogP contribution in [0.1, 0.15) is 39.5 Å². The molecule has 1 amide bonds. The Kier molecular flexibility index (Phi) is 7.12. The number of carbonyl (C=O) groups excluding carboxylic acids is 1. The van der Waals surface area contributed by atoms with Crippen molar-refractivity contribution in [2.75, 3.05) is 5.01 Å². The zero-order valence-electron chi connectivity index (χ0n) is 19.2. The van der Waals surface area contributed by atoms with Crippen molar-refractivity contribution in [3.8, 4) is 0 Å². The Balaban J connectivity index is 1.33. The predicted octanol–water partition coefficient (Wildman–Crippen LogP) is 7.11. The molecule has 0 saturated carbocycles. The molecule has 0 fully saturated rings. The van der Waals surface area contributed by atoms with E-state index >= 15 is 0 Å². The first kappa shape index (κ1) is 23.8. The predicted molar refractivity (Wildman–Crippen MR) is 147 cm³/mol. The fourth-order valence-corrected chi connectivity index (χ4v) is 4.59. The molecule has 0 saturated heterocycles. The van der Waals surface area contributed by atoms with Gasteiger partial charge in [0, 0.05) is 11.4 Å². The Morgan fingerprint density at radius 3 is 2.31 bits per heavy atom. The minimum absolute atomic E-state index is 0.101. The molecular formula is C29H22Cl2N4O. The first-order chi connectivity index (χ1) is 17.6. The van der Waals surface area contributed by atoms with Crippen LogP contribution >= 0.6 is 23.2 Å². The lowest BCUT2D eigenvalue weighted by molar-refractivity contribution is 0.0955. The Morgan fingerprint density at radius 1 is 0.917 bits per heavy atom. The number of hydrazone groups is 2. The number of amides is 1. The van der Waals surface area contributed by atoms with Gasteiger partial charge in [-0.2, -0.15) is 10.2 Å². The van der Waals surface area contributed by atoms with Gasteiger partial charge in [0.25, 0.3) is 5.91 Å². The highest BCUT2D eigenvalue weighted by molar-refractivity contribution is 6.36. The first-order valence-electron chi connectivity index (χ1n) is 11.4. The van der Waals surface area contributed by atoms with Crippen LogP contribution in [-0.2, 0) is 0 Å². The number of halogens is 2. The van der Waals surface area contributed by atoms with Gasteiger partial charge in [-0.3, -0.25) is 9.80 Å². The van der Waals surface area contributed by atoms with Gasteiger partial charge < -0.3 is 0 Å². The van der Waals surface area contributed by atoms with E-state index in [-0.39, 0.29) is 11.1 Å². The second-order valence-corrected chi connectivity index (χ2v) is 9.15. The van der Waals surface area contributed by atoms with Gasteiger partial charge in [0.05, 0.1) is 34.2 Å². The SMILES string of the molecule is O=C(N/N=C/c1ccc(N2N=C(c3ccccc3)CC2c2ccccc2)cc1)c1ccc(Cl)cc1Cl. The van der Waals surface area contributed by atoms with Crippen molar-refractivity contribution in [1.82, 2.24) is 5.43 Å². The maximum absolute atomic E-state index is 12.3. The molecule has 178 valence electrons. The fraction of sp³-hybridized carbons (Fsp3) is 0.0690. The van der Waals surface area contributed by atoms with E-state index in [0.29, 0.717) is 10.6 Å².